The summed E-state index contributed by atoms with van der Waals surface area (Å²) in [6.45, 7) is 1.22. The van der Waals surface area contributed by atoms with Crippen LogP contribution in [0, 0.1) is 4.64 Å². The summed E-state index contributed by atoms with van der Waals surface area (Å²) in [6, 6.07) is 6.70. The lowest BCUT2D eigenvalue weighted by Gasteiger charge is -2.33. The molecule has 0 unspecified atom stereocenters. The van der Waals surface area contributed by atoms with Gasteiger partial charge in [0.05, 0.1) is 9.35 Å². The van der Waals surface area contributed by atoms with Crippen LogP contribution in [0.4, 0.5) is 0 Å². The third kappa shape index (κ3) is 3.47. The predicted molar refractivity (Wildman–Crippen MR) is 98.3 cm³/mol. The molecule has 0 aliphatic carbocycles. The van der Waals surface area contributed by atoms with Crippen LogP contribution in [-0.2, 0) is 10.0 Å². The van der Waals surface area contributed by atoms with Crippen molar-refractivity contribution in [3.05, 3.63) is 44.5 Å². The standard InChI is InChI=1S/C14H14BrN3O3S3/c15-11-3-4-12(23-11)24(20,21)18-8-6-17(7-9-18)14(19)10-2-1-5-16-13(10)22/h1-5H,6-9H2,(H,16,22). The Kier molecular flexibility index (Phi) is 5.21. The normalized spacial score (nSPS) is 16.3. The van der Waals surface area contributed by atoms with Crippen LogP contribution in [0.3, 0.4) is 0 Å². The topological polar surface area (TPSA) is 73.5 Å². The molecule has 3 heterocycles. The molecule has 128 valence electrons. The third-order valence-electron chi connectivity index (χ3n) is 3.72. The Labute approximate surface area is 157 Å². The summed E-state index contributed by atoms with van der Waals surface area (Å²) in [7, 11) is -3.51. The molecular formula is C14H14BrN3O3S3. The number of rotatable bonds is 3. The Morgan fingerprint density at radius 1 is 1.21 bits per heavy atom. The summed E-state index contributed by atoms with van der Waals surface area (Å²) in [5.41, 5.74) is 0.436. The molecule has 0 spiro atoms. The van der Waals surface area contributed by atoms with E-state index in [1.807, 2.05) is 0 Å². The molecule has 6 nitrogen and oxygen atoms in total. The number of carbonyl (C=O) groups excluding carboxylic acids is 1. The molecule has 1 fully saturated rings. The van der Waals surface area contributed by atoms with Gasteiger partial charge in [0.1, 0.15) is 8.85 Å². The molecule has 0 aromatic carbocycles. The van der Waals surface area contributed by atoms with Gasteiger partial charge in [-0.05, 0) is 40.2 Å². The van der Waals surface area contributed by atoms with Crippen LogP contribution < -0.4 is 0 Å². The van der Waals surface area contributed by atoms with Crippen molar-refractivity contribution >= 4 is 55.4 Å². The molecule has 24 heavy (non-hydrogen) atoms. The van der Waals surface area contributed by atoms with Gasteiger partial charge in [-0.1, -0.05) is 12.2 Å². The Balaban J connectivity index is 1.71. The van der Waals surface area contributed by atoms with E-state index in [2.05, 4.69) is 20.9 Å². The van der Waals surface area contributed by atoms with Crippen molar-refractivity contribution in [2.45, 2.75) is 4.21 Å². The van der Waals surface area contributed by atoms with Gasteiger partial charge in [-0.2, -0.15) is 4.31 Å². The molecule has 0 radical (unpaired) electrons. The second kappa shape index (κ2) is 7.04. The van der Waals surface area contributed by atoms with Gasteiger partial charge in [-0.25, -0.2) is 8.42 Å². The first-order valence-electron chi connectivity index (χ1n) is 7.12. The van der Waals surface area contributed by atoms with Crippen molar-refractivity contribution in [2.24, 2.45) is 0 Å². The minimum Gasteiger partial charge on any atom is -0.352 e. The molecule has 0 saturated carbocycles. The zero-order valence-corrected chi connectivity index (χ0v) is 16.5. The SMILES string of the molecule is O=C(c1ccc[nH]c1=S)N1CCN(S(=O)(=O)c2ccc(Br)s2)CC1. The number of pyridine rings is 1. The number of thiophene rings is 1. The number of piperazine rings is 1. The largest absolute Gasteiger partial charge is 0.352 e. The Morgan fingerprint density at radius 3 is 2.50 bits per heavy atom. The van der Waals surface area contributed by atoms with E-state index in [1.165, 1.54) is 15.6 Å². The zero-order valence-electron chi connectivity index (χ0n) is 12.4. The summed E-state index contributed by atoms with van der Waals surface area (Å²) in [5.74, 6) is -0.173. The van der Waals surface area contributed by atoms with Crippen LogP contribution >= 0.6 is 39.5 Å². The molecule has 1 aliphatic heterocycles. The van der Waals surface area contributed by atoms with Gasteiger partial charge < -0.3 is 9.88 Å². The molecule has 3 rings (SSSR count). The molecule has 1 amide bonds. The molecular weight excluding hydrogens is 434 g/mol. The zero-order chi connectivity index (χ0) is 17.3. The van der Waals surface area contributed by atoms with Crippen LogP contribution in [0.2, 0.25) is 0 Å². The maximum atomic E-state index is 12.6. The van der Waals surface area contributed by atoms with E-state index in [1.54, 1.807) is 35.4 Å². The smallest absolute Gasteiger partial charge is 0.256 e. The number of nitrogens with zero attached hydrogens (tertiary/aromatic N) is 2. The quantitative estimate of drug-likeness (QED) is 0.733. The van der Waals surface area contributed by atoms with Gasteiger partial charge in [0.25, 0.3) is 15.9 Å². The first-order valence-corrected chi connectivity index (χ1v) is 10.6. The van der Waals surface area contributed by atoms with Gasteiger partial charge in [0, 0.05) is 32.4 Å². The minimum absolute atomic E-state index is 0.173. The number of hydrogen-bond acceptors (Lipinski definition) is 5. The van der Waals surface area contributed by atoms with Gasteiger partial charge in [-0.15, -0.1) is 11.3 Å². The summed E-state index contributed by atoms with van der Waals surface area (Å²) >= 11 is 9.60. The molecule has 2 aromatic rings. The summed E-state index contributed by atoms with van der Waals surface area (Å²) in [6.07, 6.45) is 1.67. The number of halogens is 1. The van der Waals surface area contributed by atoms with Gasteiger partial charge in [-0.3, -0.25) is 4.79 Å². The highest BCUT2D eigenvalue weighted by molar-refractivity contribution is 9.11. The number of H-pyrrole nitrogens is 1. The maximum absolute atomic E-state index is 12.6. The number of amides is 1. The average Bonchev–Trinajstić information content (AvgIpc) is 3.02. The van der Waals surface area contributed by atoms with Crippen LogP contribution in [0.1, 0.15) is 10.4 Å². The van der Waals surface area contributed by atoms with E-state index in [-0.39, 0.29) is 19.0 Å². The van der Waals surface area contributed by atoms with Crippen molar-refractivity contribution in [3.63, 3.8) is 0 Å². The fourth-order valence-electron chi connectivity index (χ4n) is 2.46. The van der Waals surface area contributed by atoms with Crippen molar-refractivity contribution in [1.29, 1.82) is 0 Å². The Hall–Kier alpha value is -1.07. The number of carbonyl (C=O) groups is 1. The summed E-state index contributed by atoms with van der Waals surface area (Å²) in [4.78, 5) is 17.0. The number of aromatic amines is 1. The molecule has 0 bridgehead atoms. The van der Waals surface area contributed by atoms with Crippen LogP contribution in [0.25, 0.3) is 0 Å². The van der Waals surface area contributed by atoms with Gasteiger partial charge in [0.15, 0.2) is 0 Å². The van der Waals surface area contributed by atoms with Crippen molar-refractivity contribution in [1.82, 2.24) is 14.2 Å². The summed E-state index contributed by atoms with van der Waals surface area (Å²) in [5, 5.41) is 0. The lowest BCUT2D eigenvalue weighted by molar-refractivity contribution is 0.0697. The number of aromatic nitrogens is 1. The van der Waals surface area contributed by atoms with Crippen molar-refractivity contribution in [3.8, 4) is 0 Å². The molecule has 1 aliphatic rings. The van der Waals surface area contributed by atoms with E-state index < -0.39 is 10.0 Å². The fourth-order valence-corrected chi connectivity index (χ4v) is 6.27. The van der Waals surface area contributed by atoms with E-state index in [0.717, 1.165) is 3.79 Å². The number of hydrogen-bond donors (Lipinski definition) is 1. The second-order valence-corrected chi connectivity index (χ2v) is 10.2. The highest BCUT2D eigenvalue weighted by atomic mass is 79.9. The molecule has 10 heteroatoms. The second-order valence-electron chi connectivity index (χ2n) is 5.17. The first-order chi connectivity index (χ1) is 11.4. The highest BCUT2D eigenvalue weighted by Gasteiger charge is 2.31. The van der Waals surface area contributed by atoms with Crippen LogP contribution in [-0.4, -0.2) is 54.7 Å². The minimum atomic E-state index is -3.51. The van der Waals surface area contributed by atoms with E-state index in [9.17, 15) is 13.2 Å². The number of sulfonamides is 1. The fraction of sp³-hybridized carbons (Fsp3) is 0.286. The maximum Gasteiger partial charge on any atom is 0.256 e. The van der Waals surface area contributed by atoms with Gasteiger partial charge in [0.2, 0.25) is 0 Å². The van der Waals surface area contributed by atoms with E-state index in [4.69, 9.17) is 12.2 Å². The van der Waals surface area contributed by atoms with Crippen LogP contribution in [0.15, 0.2) is 38.5 Å². The molecule has 2 aromatic heterocycles. The predicted octanol–water partition coefficient (Wildman–Crippen LogP) is 2.71. The van der Waals surface area contributed by atoms with Crippen LogP contribution in [0.5, 0.6) is 0 Å². The molecule has 0 atom stereocenters. The Morgan fingerprint density at radius 2 is 1.92 bits per heavy atom. The highest BCUT2D eigenvalue weighted by Crippen LogP contribution is 2.29. The molecule has 1 saturated heterocycles. The number of nitrogens with one attached hydrogen (secondary N) is 1. The average molecular weight is 448 g/mol. The van der Waals surface area contributed by atoms with Gasteiger partial charge >= 0.3 is 0 Å². The first kappa shape index (κ1) is 17.7. The molecule has 1 N–H and O–H groups in total. The monoisotopic (exact) mass is 447 g/mol. The summed E-state index contributed by atoms with van der Waals surface area (Å²) < 4.78 is 28.1. The van der Waals surface area contributed by atoms with E-state index in [0.29, 0.717) is 27.5 Å². The van der Waals surface area contributed by atoms with Crippen molar-refractivity contribution in [2.75, 3.05) is 26.2 Å². The Bertz CT molecular complexity index is 914. The van der Waals surface area contributed by atoms with E-state index >= 15 is 0 Å². The third-order valence-corrected chi connectivity index (χ3v) is 8.04. The lowest BCUT2D eigenvalue weighted by Crippen LogP contribution is -2.50. The lowest BCUT2D eigenvalue weighted by atomic mass is 10.2. The van der Waals surface area contributed by atoms with Crippen molar-refractivity contribution < 1.29 is 13.2 Å².